The van der Waals surface area contributed by atoms with E-state index in [-0.39, 0.29) is 6.04 Å². The molecule has 2 aliphatic heterocycles. The summed E-state index contributed by atoms with van der Waals surface area (Å²) >= 11 is 5.27. The van der Waals surface area contributed by atoms with Crippen molar-refractivity contribution in [3.05, 3.63) is 20.8 Å². The predicted molar refractivity (Wildman–Crippen MR) is 84.9 cm³/mol. The Balaban J connectivity index is 1.63. The van der Waals surface area contributed by atoms with Crippen molar-refractivity contribution in [1.82, 2.24) is 15.1 Å². The molecule has 0 saturated carbocycles. The van der Waals surface area contributed by atoms with Crippen LogP contribution in [0.1, 0.15) is 17.7 Å². The summed E-state index contributed by atoms with van der Waals surface area (Å²) in [5.74, 6) is 0.333. The van der Waals surface area contributed by atoms with Gasteiger partial charge in [-0.15, -0.1) is 11.3 Å². The molecule has 4 nitrogen and oxygen atoms in total. The van der Waals surface area contributed by atoms with Gasteiger partial charge in [0.05, 0.1) is 9.83 Å². The van der Waals surface area contributed by atoms with E-state index in [4.69, 9.17) is 0 Å². The molecule has 1 amide bonds. The lowest BCUT2D eigenvalue weighted by atomic mass is 10.1. The maximum absolute atomic E-state index is 12.7. The molecule has 1 aromatic heterocycles. The Morgan fingerprint density at radius 1 is 1.35 bits per heavy atom. The third-order valence-corrected chi connectivity index (χ3v) is 5.67. The van der Waals surface area contributed by atoms with Crippen LogP contribution < -0.4 is 5.32 Å². The summed E-state index contributed by atoms with van der Waals surface area (Å²) in [5, 5.41) is 3.30. The summed E-state index contributed by atoms with van der Waals surface area (Å²) in [4.78, 5) is 18.4. The van der Waals surface area contributed by atoms with Gasteiger partial charge in [-0.3, -0.25) is 9.69 Å². The largest absolute Gasteiger partial charge is 0.339 e. The van der Waals surface area contributed by atoms with Crippen molar-refractivity contribution >= 4 is 33.2 Å². The standard InChI is InChI=1S/C14H20BrN3OS/c15-13-4-3-11(20-13)10-18-7-1-2-12(18)14(19)17-8-5-16-6-9-17/h3-4,12,16H,1-2,5-10H2. The summed E-state index contributed by atoms with van der Waals surface area (Å²) in [6, 6.07) is 4.33. The Morgan fingerprint density at radius 2 is 2.15 bits per heavy atom. The van der Waals surface area contributed by atoms with Gasteiger partial charge >= 0.3 is 0 Å². The SMILES string of the molecule is O=C(C1CCCN1Cc1ccc(Br)s1)N1CCNCC1. The number of amides is 1. The number of hydrogen-bond acceptors (Lipinski definition) is 4. The molecule has 6 heteroatoms. The van der Waals surface area contributed by atoms with Gasteiger partial charge in [0.15, 0.2) is 0 Å². The molecular formula is C14H20BrN3OS. The van der Waals surface area contributed by atoms with E-state index in [2.05, 4.69) is 38.3 Å². The molecule has 1 N–H and O–H groups in total. The van der Waals surface area contributed by atoms with Crippen molar-refractivity contribution in [2.24, 2.45) is 0 Å². The van der Waals surface area contributed by atoms with Gasteiger partial charge in [0.2, 0.25) is 5.91 Å². The van der Waals surface area contributed by atoms with Crippen LogP contribution in [0.4, 0.5) is 0 Å². The summed E-state index contributed by atoms with van der Waals surface area (Å²) < 4.78 is 1.16. The van der Waals surface area contributed by atoms with Gasteiger partial charge in [-0.25, -0.2) is 0 Å². The van der Waals surface area contributed by atoms with Crippen molar-refractivity contribution in [1.29, 1.82) is 0 Å². The highest BCUT2D eigenvalue weighted by Gasteiger charge is 2.34. The first kappa shape index (κ1) is 14.5. The van der Waals surface area contributed by atoms with E-state index in [1.54, 1.807) is 11.3 Å². The van der Waals surface area contributed by atoms with Crippen LogP contribution in [0.25, 0.3) is 0 Å². The van der Waals surface area contributed by atoms with Crippen LogP contribution in [0.5, 0.6) is 0 Å². The lowest BCUT2D eigenvalue weighted by molar-refractivity contribution is -0.136. The average Bonchev–Trinajstić information content (AvgIpc) is 3.09. The molecule has 1 unspecified atom stereocenters. The number of carbonyl (C=O) groups is 1. The second kappa shape index (κ2) is 6.56. The summed E-state index contributed by atoms with van der Waals surface area (Å²) in [6.07, 6.45) is 2.14. The number of carbonyl (C=O) groups excluding carboxylic acids is 1. The Labute approximate surface area is 132 Å². The predicted octanol–water partition coefficient (Wildman–Crippen LogP) is 1.91. The molecular weight excluding hydrogens is 338 g/mol. The monoisotopic (exact) mass is 357 g/mol. The number of thiophene rings is 1. The molecule has 3 heterocycles. The smallest absolute Gasteiger partial charge is 0.240 e. The Morgan fingerprint density at radius 3 is 2.85 bits per heavy atom. The normalized spacial score (nSPS) is 24.2. The number of likely N-dealkylation sites (tertiary alicyclic amines) is 1. The molecule has 1 aromatic rings. The zero-order chi connectivity index (χ0) is 13.9. The molecule has 3 rings (SSSR count). The number of hydrogen-bond donors (Lipinski definition) is 1. The summed E-state index contributed by atoms with van der Waals surface area (Å²) in [6.45, 7) is 5.50. The van der Waals surface area contributed by atoms with E-state index in [1.165, 1.54) is 4.88 Å². The quantitative estimate of drug-likeness (QED) is 0.897. The molecule has 0 spiro atoms. The molecule has 1 atom stereocenters. The van der Waals surface area contributed by atoms with Gasteiger partial charge in [0, 0.05) is 37.6 Å². The topological polar surface area (TPSA) is 35.6 Å². The van der Waals surface area contributed by atoms with Crippen LogP contribution in [-0.2, 0) is 11.3 Å². The molecule has 20 heavy (non-hydrogen) atoms. The lowest BCUT2D eigenvalue weighted by Crippen LogP contribution is -2.52. The second-order valence-electron chi connectivity index (χ2n) is 5.41. The van der Waals surface area contributed by atoms with E-state index in [0.29, 0.717) is 5.91 Å². The van der Waals surface area contributed by atoms with E-state index in [0.717, 1.165) is 55.9 Å². The fourth-order valence-corrected chi connectivity index (χ4v) is 4.54. The molecule has 0 bridgehead atoms. The minimum Gasteiger partial charge on any atom is -0.339 e. The van der Waals surface area contributed by atoms with Gasteiger partial charge in [-0.2, -0.15) is 0 Å². The number of nitrogens with one attached hydrogen (secondary N) is 1. The minimum absolute atomic E-state index is 0.0916. The number of piperazine rings is 1. The summed E-state index contributed by atoms with van der Waals surface area (Å²) in [7, 11) is 0. The Hall–Kier alpha value is -0.430. The van der Waals surface area contributed by atoms with Crippen LogP contribution in [0, 0.1) is 0 Å². The Bertz CT molecular complexity index is 473. The van der Waals surface area contributed by atoms with Crippen molar-refractivity contribution < 1.29 is 4.79 Å². The zero-order valence-corrected chi connectivity index (χ0v) is 13.9. The number of nitrogens with zero attached hydrogens (tertiary/aromatic N) is 2. The third-order valence-electron chi connectivity index (χ3n) is 4.07. The highest BCUT2D eigenvalue weighted by Crippen LogP contribution is 2.27. The van der Waals surface area contributed by atoms with Crippen LogP contribution in [0.15, 0.2) is 15.9 Å². The van der Waals surface area contributed by atoms with Crippen LogP contribution >= 0.6 is 27.3 Å². The van der Waals surface area contributed by atoms with Gasteiger partial charge in [-0.05, 0) is 47.4 Å². The molecule has 2 aliphatic rings. The van der Waals surface area contributed by atoms with Crippen molar-refractivity contribution in [3.8, 4) is 0 Å². The molecule has 0 radical (unpaired) electrons. The van der Waals surface area contributed by atoms with E-state index < -0.39 is 0 Å². The van der Waals surface area contributed by atoms with Crippen LogP contribution in [0.2, 0.25) is 0 Å². The highest BCUT2D eigenvalue weighted by molar-refractivity contribution is 9.11. The number of rotatable bonds is 3. The van der Waals surface area contributed by atoms with E-state index in [1.807, 2.05) is 4.90 Å². The Kier molecular flexibility index (Phi) is 4.75. The first-order valence-electron chi connectivity index (χ1n) is 7.22. The molecule has 0 aromatic carbocycles. The zero-order valence-electron chi connectivity index (χ0n) is 11.5. The van der Waals surface area contributed by atoms with Crippen LogP contribution in [0.3, 0.4) is 0 Å². The third kappa shape index (κ3) is 3.24. The minimum atomic E-state index is 0.0916. The lowest BCUT2D eigenvalue weighted by Gasteiger charge is -2.32. The highest BCUT2D eigenvalue weighted by atomic mass is 79.9. The second-order valence-corrected chi connectivity index (χ2v) is 7.96. The maximum Gasteiger partial charge on any atom is 0.240 e. The van der Waals surface area contributed by atoms with Gasteiger partial charge in [0.1, 0.15) is 0 Å². The van der Waals surface area contributed by atoms with E-state index in [9.17, 15) is 4.79 Å². The van der Waals surface area contributed by atoms with Gasteiger partial charge < -0.3 is 10.2 Å². The van der Waals surface area contributed by atoms with E-state index >= 15 is 0 Å². The molecule has 110 valence electrons. The van der Waals surface area contributed by atoms with Crippen LogP contribution in [-0.4, -0.2) is 54.5 Å². The average molecular weight is 358 g/mol. The maximum atomic E-state index is 12.7. The molecule has 2 saturated heterocycles. The van der Waals surface area contributed by atoms with Crippen molar-refractivity contribution in [2.45, 2.75) is 25.4 Å². The summed E-state index contributed by atoms with van der Waals surface area (Å²) in [5.41, 5.74) is 0. The number of halogens is 1. The van der Waals surface area contributed by atoms with Crippen molar-refractivity contribution in [3.63, 3.8) is 0 Å². The fourth-order valence-electron chi connectivity index (χ4n) is 3.03. The van der Waals surface area contributed by atoms with Gasteiger partial charge in [0.25, 0.3) is 0 Å². The van der Waals surface area contributed by atoms with Gasteiger partial charge in [-0.1, -0.05) is 0 Å². The fraction of sp³-hybridized carbons (Fsp3) is 0.643. The van der Waals surface area contributed by atoms with Crippen molar-refractivity contribution in [2.75, 3.05) is 32.7 Å². The molecule has 2 fully saturated rings. The first-order valence-corrected chi connectivity index (χ1v) is 8.83. The molecule has 0 aliphatic carbocycles. The first-order chi connectivity index (χ1) is 9.74.